The number of methoxy groups -OCH3 is 2. The average molecular weight is 455 g/mol. The number of hydrogen-bond acceptors (Lipinski definition) is 3. The first-order valence-electron chi connectivity index (χ1n) is 10.9. The van der Waals surface area contributed by atoms with E-state index >= 15 is 0 Å². The number of benzene rings is 4. The molecule has 0 aliphatic carbocycles. The highest BCUT2D eigenvalue weighted by molar-refractivity contribution is 7.80. The van der Waals surface area contributed by atoms with Crippen LogP contribution < -0.4 is 20.7 Å². The Labute approximate surface area is 196 Å². The molecular formula is C29H27O3P. The van der Waals surface area contributed by atoms with Crippen molar-refractivity contribution in [3.05, 3.63) is 109 Å². The molecule has 0 saturated carbocycles. The molecule has 0 saturated heterocycles. The number of carbonyl (C=O) groups is 1. The predicted octanol–water partition coefficient (Wildman–Crippen LogP) is 5.23. The predicted molar refractivity (Wildman–Crippen MR) is 137 cm³/mol. The lowest BCUT2D eigenvalue weighted by Gasteiger charge is -2.24. The second-order valence-corrected chi connectivity index (χ2v) is 9.78. The van der Waals surface area contributed by atoms with Gasteiger partial charge in [-0.2, -0.15) is 0 Å². The van der Waals surface area contributed by atoms with E-state index in [9.17, 15) is 4.79 Å². The third-order valence-electron chi connectivity index (χ3n) is 5.60. The summed E-state index contributed by atoms with van der Waals surface area (Å²) in [6.07, 6.45) is 0.910. The first-order chi connectivity index (χ1) is 16.2. The molecule has 166 valence electrons. The topological polar surface area (TPSA) is 35.5 Å². The summed E-state index contributed by atoms with van der Waals surface area (Å²) in [6, 6.07) is 35.9. The van der Waals surface area contributed by atoms with Gasteiger partial charge in [0.1, 0.15) is 5.75 Å². The van der Waals surface area contributed by atoms with Gasteiger partial charge < -0.3 is 9.47 Å². The van der Waals surface area contributed by atoms with Crippen LogP contribution in [-0.4, -0.2) is 20.2 Å². The van der Waals surface area contributed by atoms with Gasteiger partial charge in [-0.25, -0.2) is 0 Å². The number of ether oxygens (including phenoxy) is 2. The zero-order chi connectivity index (χ0) is 23.0. The van der Waals surface area contributed by atoms with Crippen LogP contribution in [0.3, 0.4) is 0 Å². The normalized spacial score (nSPS) is 10.8. The van der Waals surface area contributed by atoms with Crippen molar-refractivity contribution >= 4 is 29.8 Å². The molecule has 0 radical (unpaired) electrons. The van der Waals surface area contributed by atoms with Gasteiger partial charge in [0.15, 0.2) is 0 Å². The summed E-state index contributed by atoms with van der Waals surface area (Å²) in [5.41, 5.74) is 3.25. The smallest absolute Gasteiger partial charge is 0.305 e. The largest absolute Gasteiger partial charge is 0.496 e. The van der Waals surface area contributed by atoms with Crippen LogP contribution in [0.25, 0.3) is 11.1 Å². The molecule has 0 fully saturated rings. The van der Waals surface area contributed by atoms with Crippen molar-refractivity contribution in [1.82, 2.24) is 0 Å². The minimum Gasteiger partial charge on any atom is -0.496 e. The Bertz CT molecular complexity index is 1170. The third kappa shape index (κ3) is 5.16. The first-order valence-corrected chi connectivity index (χ1v) is 12.3. The number of esters is 1. The van der Waals surface area contributed by atoms with E-state index in [4.69, 9.17) is 9.47 Å². The van der Waals surface area contributed by atoms with E-state index in [0.717, 1.165) is 22.4 Å². The molecule has 0 aromatic heterocycles. The van der Waals surface area contributed by atoms with Crippen LogP contribution in [0.5, 0.6) is 5.75 Å². The maximum atomic E-state index is 11.9. The zero-order valence-electron chi connectivity index (χ0n) is 18.9. The van der Waals surface area contributed by atoms with Crippen LogP contribution in [0, 0.1) is 0 Å². The number of rotatable bonds is 8. The molecule has 4 heteroatoms. The molecule has 0 unspecified atom stereocenters. The molecule has 4 aromatic carbocycles. The number of aryl methyl sites for hydroxylation is 1. The quantitative estimate of drug-likeness (QED) is 0.270. The molecule has 0 N–H and O–H groups in total. The van der Waals surface area contributed by atoms with Crippen LogP contribution in [0.2, 0.25) is 0 Å². The highest BCUT2D eigenvalue weighted by Gasteiger charge is 2.23. The summed E-state index contributed by atoms with van der Waals surface area (Å²) < 4.78 is 10.7. The van der Waals surface area contributed by atoms with Crippen molar-refractivity contribution < 1.29 is 14.3 Å². The lowest BCUT2D eigenvalue weighted by Crippen LogP contribution is -2.22. The van der Waals surface area contributed by atoms with Crippen molar-refractivity contribution in [3.63, 3.8) is 0 Å². The van der Waals surface area contributed by atoms with Crippen molar-refractivity contribution in [1.29, 1.82) is 0 Å². The summed E-state index contributed by atoms with van der Waals surface area (Å²) in [4.78, 5) is 11.9. The molecule has 0 atom stereocenters. The Balaban J connectivity index is 1.91. The van der Waals surface area contributed by atoms with Crippen LogP contribution in [0.15, 0.2) is 103 Å². The van der Waals surface area contributed by atoms with Crippen LogP contribution in [0.1, 0.15) is 12.0 Å². The summed E-state index contributed by atoms with van der Waals surface area (Å²) in [5.74, 6) is 0.591. The Morgan fingerprint density at radius 2 is 1.33 bits per heavy atom. The van der Waals surface area contributed by atoms with E-state index in [1.807, 2.05) is 12.1 Å². The van der Waals surface area contributed by atoms with E-state index in [-0.39, 0.29) is 5.97 Å². The highest BCUT2D eigenvalue weighted by Crippen LogP contribution is 2.41. The van der Waals surface area contributed by atoms with Gasteiger partial charge in [-0.3, -0.25) is 4.79 Å². The Hall–Kier alpha value is -3.42. The highest BCUT2D eigenvalue weighted by atomic mass is 31.1. The molecule has 3 nitrogen and oxygen atoms in total. The van der Waals surface area contributed by atoms with Gasteiger partial charge in [-0.15, -0.1) is 0 Å². The second-order valence-electron chi connectivity index (χ2n) is 7.59. The Kier molecular flexibility index (Phi) is 7.55. The second kappa shape index (κ2) is 10.9. The fraction of sp³-hybridized carbons (Fsp3) is 0.138. The summed E-state index contributed by atoms with van der Waals surface area (Å²) in [5, 5.41) is 3.84. The number of carbonyl (C=O) groups excluding carboxylic acids is 1. The molecule has 0 spiro atoms. The van der Waals surface area contributed by atoms with Gasteiger partial charge in [0, 0.05) is 12.0 Å². The van der Waals surface area contributed by atoms with Gasteiger partial charge in [0.05, 0.1) is 14.2 Å². The maximum absolute atomic E-state index is 11.9. The van der Waals surface area contributed by atoms with E-state index in [1.54, 1.807) is 7.11 Å². The monoisotopic (exact) mass is 454 g/mol. The summed E-state index contributed by atoms with van der Waals surface area (Å²) >= 11 is 0. The molecule has 33 heavy (non-hydrogen) atoms. The Morgan fingerprint density at radius 1 is 0.727 bits per heavy atom. The first kappa shape index (κ1) is 22.8. The third-order valence-corrected chi connectivity index (χ3v) is 8.10. The van der Waals surface area contributed by atoms with Crippen molar-refractivity contribution in [3.8, 4) is 16.9 Å². The van der Waals surface area contributed by atoms with E-state index < -0.39 is 7.92 Å². The standard InChI is InChI=1S/C29H27O3P/c1-31-26-18-11-12-22(20-21-28(30)32-2)29(26)25-17-9-10-19-27(25)33(23-13-5-3-6-14-23)24-15-7-4-8-16-24/h3-19H,20-21H2,1-2H3. The zero-order valence-corrected chi connectivity index (χ0v) is 19.8. The molecule has 0 aliphatic rings. The SMILES string of the molecule is COC(=O)CCc1cccc(OC)c1-c1ccccc1P(c1ccccc1)c1ccccc1. The maximum Gasteiger partial charge on any atom is 0.305 e. The molecule has 0 heterocycles. The summed E-state index contributed by atoms with van der Waals surface area (Å²) in [7, 11) is 2.33. The lowest BCUT2D eigenvalue weighted by molar-refractivity contribution is -0.140. The van der Waals surface area contributed by atoms with Crippen LogP contribution in [0.4, 0.5) is 0 Å². The average Bonchev–Trinajstić information content (AvgIpc) is 2.89. The molecule has 0 aliphatic heterocycles. The molecule has 4 aromatic rings. The van der Waals surface area contributed by atoms with Gasteiger partial charge >= 0.3 is 5.97 Å². The van der Waals surface area contributed by atoms with Gasteiger partial charge in [0.25, 0.3) is 0 Å². The van der Waals surface area contributed by atoms with Crippen molar-refractivity contribution in [2.24, 2.45) is 0 Å². The molecule has 4 rings (SSSR count). The van der Waals surface area contributed by atoms with Gasteiger partial charge in [0.2, 0.25) is 0 Å². The fourth-order valence-electron chi connectivity index (χ4n) is 4.06. The van der Waals surface area contributed by atoms with Gasteiger partial charge in [-0.05, 0) is 47.4 Å². The molecule has 0 bridgehead atoms. The number of hydrogen-bond donors (Lipinski definition) is 0. The van der Waals surface area contributed by atoms with E-state index in [0.29, 0.717) is 12.8 Å². The van der Waals surface area contributed by atoms with Crippen molar-refractivity contribution in [2.45, 2.75) is 12.8 Å². The van der Waals surface area contributed by atoms with Crippen molar-refractivity contribution in [2.75, 3.05) is 14.2 Å². The minimum atomic E-state index is -0.792. The fourth-order valence-corrected chi connectivity index (χ4v) is 6.52. The van der Waals surface area contributed by atoms with E-state index in [1.165, 1.54) is 23.0 Å². The van der Waals surface area contributed by atoms with Crippen LogP contribution >= 0.6 is 7.92 Å². The van der Waals surface area contributed by atoms with E-state index in [2.05, 4.69) is 91.0 Å². The summed E-state index contributed by atoms with van der Waals surface area (Å²) in [6.45, 7) is 0. The lowest BCUT2D eigenvalue weighted by atomic mass is 9.95. The molecule has 0 amide bonds. The Morgan fingerprint density at radius 3 is 1.94 bits per heavy atom. The van der Waals surface area contributed by atoms with Crippen LogP contribution in [-0.2, 0) is 16.0 Å². The minimum absolute atomic E-state index is 0.215. The van der Waals surface area contributed by atoms with Gasteiger partial charge in [-0.1, -0.05) is 97.1 Å². The molecular weight excluding hydrogens is 427 g/mol.